The van der Waals surface area contributed by atoms with E-state index < -0.39 is 0 Å². The highest BCUT2D eigenvalue weighted by Gasteiger charge is 2.25. The molecule has 0 bridgehead atoms. The number of anilines is 1. The van der Waals surface area contributed by atoms with E-state index in [1.807, 2.05) is 13.3 Å². The quantitative estimate of drug-likeness (QED) is 0.885. The van der Waals surface area contributed by atoms with E-state index in [0.29, 0.717) is 12.0 Å². The molecule has 0 amide bonds. The fraction of sp³-hybridized carbons (Fsp3) is 0.667. The van der Waals surface area contributed by atoms with E-state index >= 15 is 0 Å². The summed E-state index contributed by atoms with van der Waals surface area (Å²) in [6.07, 6.45) is 3.46. The summed E-state index contributed by atoms with van der Waals surface area (Å²) in [5, 5.41) is 3.26. The number of rotatable bonds is 5. The Kier molecular flexibility index (Phi) is 5.16. The average Bonchev–Trinajstić information content (AvgIpc) is 2.42. The van der Waals surface area contributed by atoms with Crippen LogP contribution >= 0.6 is 0 Å². The van der Waals surface area contributed by atoms with Crippen LogP contribution in [0.15, 0.2) is 18.3 Å². The molecule has 2 rings (SSSR count). The Morgan fingerprint density at radius 3 is 3.11 bits per heavy atom. The van der Waals surface area contributed by atoms with E-state index in [9.17, 15) is 0 Å². The third-order valence-corrected chi connectivity index (χ3v) is 3.86. The maximum Gasteiger partial charge on any atom is 0.126 e. The monoisotopic (exact) mass is 263 g/mol. The van der Waals surface area contributed by atoms with Crippen molar-refractivity contribution in [1.82, 2.24) is 9.88 Å². The molecule has 0 spiro atoms. The van der Waals surface area contributed by atoms with E-state index in [1.54, 1.807) is 0 Å². The van der Waals surface area contributed by atoms with Crippen molar-refractivity contribution in [1.29, 1.82) is 0 Å². The van der Waals surface area contributed by atoms with Crippen molar-refractivity contribution in [3.8, 4) is 0 Å². The Bertz CT molecular complexity index is 397. The minimum atomic E-state index is 0.365. The number of piperidine rings is 1. The van der Waals surface area contributed by atoms with Crippen molar-refractivity contribution in [3.05, 3.63) is 23.9 Å². The average molecular weight is 263 g/mol. The van der Waals surface area contributed by atoms with Gasteiger partial charge in [0, 0.05) is 32.9 Å². The molecular weight excluding hydrogens is 238 g/mol. The minimum Gasteiger partial charge on any atom is -0.380 e. The predicted molar refractivity (Wildman–Crippen MR) is 78.3 cm³/mol. The lowest BCUT2D eigenvalue weighted by atomic mass is 9.95. The lowest BCUT2D eigenvalue weighted by Gasteiger charge is -2.36. The number of pyridine rings is 1. The first kappa shape index (κ1) is 14.3. The van der Waals surface area contributed by atoms with Crippen LogP contribution in [0.2, 0.25) is 0 Å². The first-order valence-electron chi connectivity index (χ1n) is 7.17. The van der Waals surface area contributed by atoms with E-state index in [-0.39, 0.29) is 0 Å². The number of methoxy groups -OCH3 is 1. The van der Waals surface area contributed by atoms with Crippen molar-refractivity contribution in [2.75, 3.05) is 32.1 Å². The van der Waals surface area contributed by atoms with Crippen LogP contribution in [-0.2, 0) is 11.3 Å². The molecule has 19 heavy (non-hydrogen) atoms. The zero-order chi connectivity index (χ0) is 13.7. The molecule has 2 heterocycles. The summed E-state index contributed by atoms with van der Waals surface area (Å²) < 4.78 is 5.57. The van der Waals surface area contributed by atoms with Crippen LogP contribution in [-0.4, -0.2) is 42.7 Å². The lowest BCUT2D eigenvalue weighted by Crippen LogP contribution is -2.43. The summed E-state index contributed by atoms with van der Waals surface area (Å²) in [7, 11) is 1.82. The van der Waals surface area contributed by atoms with Gasteiger partial charge in [0.2, 0.25) is 0 Å². The third kappa shape index (κ3) is 3.91. The molecule has 1 saturated heterocycles. The molecule has 2 atom stereocenters. The van der Waals surface area contributed by atoms with Gasteiger partial charge in [0.1, 0.15) is 5.82 Å². The fourth-order valence-corrected chi connectivity index (χ4v) is 2.66. The minimum absolute atomic E-state index is 0.365. The third-order valence-electron chi connectivity index (χ3n) is 3.86. The molecule has 1 fully saturated rings. The molecule has 0 aliphatic carbocycles. The van der Waals surface area contributed by atoms with E-state index in [1.165, 1.54) is 12.0 Å². The molecule has 4 heteroatoms. The van der Waals surface area contributed by atoms with Crippen LogP contribution < -0.4 is 5.32 Å². The number of aromatic nitrogens is 1. The summed E-state index contributed by atoms with van der Waals surface area (Å²) in [5.41, 5.74) is 1.32. The van der Waals surface area contributed by atoms with Crippen molar-refractivity contribution < 1.29 is 4.74 Å². The molecule has 1 aliphatic heterocycles. The standard InChI is InChI=1S/C15H25N3O/c1-4-16-15-9-13(5-7-17-15)10-18-8-6-12(2)14(11-18)19-3/h5,7,9,12,14H,4,6,8,10-11H2,1-3H3,(H,16,17). The van der Waals surface area contributed by atoms with Gasteiger partial charge < -0.3 is 10.1 Å². The number of ether oxygens (including phenoxy) is 1. The van der Waals surface area contributed by atoms with Gasteiger partial charge in [0.25, 0.3) is 0 Å². The van der Waals surface area contributed by atoms with E-state index in [0.717, 1.165) is 32.0 Å². The van der Waals surface area contributed by atoms with Gasteiger partial charge in [-0.05, 0) is 43.5 Å². The van der Waals surface area contributed by atoms with Crippen LogP contribution in [0.4, 0.5) is 5.82 Å². The molecule has 106 valence electrons. The predicted octanol–water partition coefficient (Wildman–Crippen LogP) is 2.37. The number of nitrogens with zero attached hydrogens (tertiary/aromatic N) is 2. The van der Waals surface area contributed by atoms with Crippen LogP contribution in [0.3, 0.4) is 0 Å². The molecule has 1 aliphatic rings. The largest absolute Gasteiger partial charge is 0.380 e. The van der Waals surface area contributed by atoms with Crippen molar-refractivity contribution in [2.45, 2.75) is 32.9 Å². The van der Waals surface area contributed by atoms with Crippen LogP contribution in [0, 0.1) is 5.92 Å². The second-order valence-electron chi connectivity index (χ2n) is 5.35. The van der Waals surface area contributed by atoms with Crippen molar-refractivity contribution in [3.63, 3.8) is 0 Å². The summed E-state index contributed by atoms with van der Waals surface area (Å²) in [6, 6.07) is 4.24. The molecule has 0 saturated carbocycles. The first-order valence-corrected chi connectivity index (χ1v) is 7.17. The number of likely N-dealkylation sites (tertiary alicyclic amines) is 1. The summed E-state index contributed by atoms with van der Waals surface area (Å²) >= 11 is 0. The fourth-order valence-electron chi connectivity index (χ4n) is 2.66. The Hall–Kier alpha value is -1.13. The van der Waals surface area contributed by atoms with Gasteiger partial charge in [-0.25, -0.2) is 4.98 Å². The van der Waals surface area contributed by atoms with Gasteiger partial charge >= 0.3 is 0 Å². The maximum absolute atomic E-state index is 5.57. The van der Waals surface area contributed by atoms with Gasteiger partial charge in [0.05, 0.1) is 6.10 Å². The second kappa shape index (κ2) is 6.87. The van der Waals surface area contributed by atoms with E-state index in [2.05, 4.69) is 41.2 Å². The Labute approximate surface area is 116 Å². The van der Waals surface area contributed by atoms with E-state index in [4.69, 9.17) is 4.74 Å². The first-order chi connectivity index (χ1) is 9.22. The van der Waals surface area contributed by atoms with Gasteiger partial charge in [-0.2, -0.15) is 0 Å². The van der Waals surface area contributed by atoms with Crippen LogP contribution in [0.25, 0.3) is 0 Å². The number of hydrogen-bond acceptors (Lipinski definition) is 4. The molecule has 1 aromatic rings. The summed E-state index contributed by atoms with van der Waals surface area (Å²) in [5.74, 6) is 1.63. The molecule has 0 radical (unpaired) electrons. The Morgan fingerprint density at radius 1 is 1.53 bits per heavy atom. The van der Waals surface area contributed by atoms with Gasteiger partial charge in [-0.15, -0.1) is 0 Å². The molecular formula is C15H25N3O. The highest BCUT2D eigenvalue weighted by Crippen LogP contribution is 2.21. The smallest absolute Gasteiger partial charge is 0.126 e. The van der Waals surface area contributed by atoms with Gasteiger partial charge in [0.15, 0.2) is 0 Å². The van der Waals surface area contributed by atoms with Crippen LogP contribution in [0.1, 0.15) is 25.8 Å². The second-order valence-corrected chi connectivity index (χ2v) is 5.35. The topological polar surface area (TPSA) is 37.4 Å². The highest BCUT2D eigenvalue weighted by molar-refractivity contribution is 5.37. The molecule has 1 N–H and O–H groups in total. The van der Waals surface area contributed by atoms with Gasteiger partial charge in [-0.1, -0.05) is 6.92 Å². The van der Waals surface area contributed by atoms with Crippen molar-refractivity contribution >= 4 is 5.82 Å². The number of nitrogens with one attached hydrogen (secondary N) is 1. The Balaban J connectivity index is 1.95. The molecule has 2 unspecified atom stereocenters. The van der Waals surface area contributed by atoms with Crippen molar-refractivity contribution in [2.24, 2.45) is 5.92 Å². The highest BCUT2D eigenvalue weighted by atomic mass is 16.5. The SMILES string of the molecule is CCNc1cc(CN2CCC(C)C(OC)C2)ccn1. The van der Waals surface area contributed by atoms with Gasteiger partial charge in [-0.3, -0.25) is 4.90 Å². The number of hydrogen-bond donors (Lipinski definition) is 1. The summed E-state index contributed by atoms with van der Waals surface area (Å²) in [6.45, 7) is 8.43. The summed E-state index contributed by atoms with van der Waals surface area (Å²) in [4.78, 5) is 6.78. The maximum atomic E-state index is 5.57. The lowest BCUT2D eigenvalue weighted by molar-refractivity contribution is -0.00744. The zero-order valence-corrected chi connectivity index (χ0v) is 12.2. The molecule has 1 aromatic heterocycles. The molecule has 4 nitrogen and oxygen atoms in total. The normalized spacial score (nSPS) is 24.4. The Morgan fingerprint density at radius 2 is 2.37 bits per heavy atom. The molecule has 0 aromatic carbocycles. The zero-order valence-electron chi connectivity index (χ0n) is 12.2. The van der Waals surface area contributed by atoms with Crippen LogP contribution in [0.5, 0.6) is 0 Å².